The summed E-state index contributed by atoms with van der Waals surface area (Å²) < 4.78 is 0. The van der Waals surface area contributed by atoms with E-state index in [1.165, 1.54) is 6.08 Å². The molecular weight excluding hydrogens is 188 g/mol. The summed E-state index contributed by atoms with van der Waals surface area (Å²) in [6.07, 6.45) is 3.08. The molecular formula is C5H4O2S3. The number of allylic oxidation sites excluding steroid dienone is 2. The molecule has 0 aromatic rings. The average Bonchev–Trinajstić information content (AvgIpc) is 2.08. The molecule has 0 bridgehead atoms. The highest BCUT2D eigenvalue weighted by Gasteiger charge is 2.16. The van der Waals surface area contributed by atoms with E-state index in [9.17, 15) is 4.79 Å². The van der Waals surface area contributed by atoms with Gasteiger partial charge in [-0.1, -0.05) is 6.08 Å². The lowest BCUT2D eigenvalue weighted by atomic mass is 10.5. The van der Waals surface area contributed by atoms with Crippen molar-refractivity contribution in [2.75, 3.05) is 0 Å². The standard InChI is InChI=1S/C5H4O2S3/c6-5(7)4-2-1-3-10(4,8)9/h1-3H,(H,6,7). The molecule has 0 radical (unpaired) electrons. The van der Waals surface area contributed by atoms with Gasteiger partial charge in [0, 0.05) is 0 Å². The zero-order valence-corrected chi connectivity index (χ0v) is 7.26. The van der Waals surface area contributed by atoms with Gasteiger partial charge < -0.3 is 5.11 Å². The molecule has 0 aliphatic carbocycles. The summed E-state index contributed by atoms with van der Waals surface area (Å²) in [5, 5.41) is 10.1. The van der Waals surface area contributed by atoms with Crippen LogP contribution in [0.1, 0.15) is 0 Å². The Hall–Kier alpha value is -0.260. The van der Waals surface area contributed by atoms with Crippen molar-refractivity contribution in [2.45, 2.75) is 0 Å². The van der Waals surface area contributed by atoms with Crippen LogP contribution >= 0.6 is 0 Å². The minimum atomic E-state index is -1.94. The summed E-state index contributed by atoms with van der Waals surface area (Å²) in [6.45, 7) is 0. The number of hydrogen-bond acceptors (Lipinski definition) is 3. The zero-order chi connectivity index (χ0) is 7.78. The summed E-state index contributed by atoms with van der Waals surface area (Å²) in [7, 11) is -1.94. The molecule has 0 unspecified atom stereocenters. The molecule has 5 heteroatoms. The fraction of sp³-hybridized carbons (Fsp3) is 0. The van der Waals surface area contributed by atoms with Gasteiger partial charge in [0.1, 0.15) is 4.91 Å². The predicted octanol–water partition coefficient (Wildman–Crippen LogP) is 0.560. The molecule has 0 aromatic heterocycles. The second-order valence-corrected chi connectivity index (χ2v) is 7.30. The molecule has 0 fully saturated rings. The molecule has 1 aliphatic rings. The molecule has 0 spiro atoms. The Bertz CT molecular complexity index is 321. The molecule has 0 saturated carbocycles. The van der Waals surface area contributed by atoms with Crippen LogP contribution in [0.2, 0.25) is 0 Å². The molecule has 1 heterocycles. The third-order valence-corrected chi connectivity index (χ3v) is 4.21. The quantitative estimate of drug-likeness (QED) is 0.658. The predicted molar refractivity (Wildman–Crippen MR) is 47.0 cm³/mol. The van der Waals surface area contributed by atoms with Crippen molar-refractivity contribution in [2.24, 2.45) is 0 Å². The van der Waals surface area contributed by atoms with Crippen molar-refractivity contribution in [1.29, 1.82) is 0 Å². The van der Waals surface area contributed by atoms with Gasteiger partial charge in [-0.15, -0.1) is 0 Å². The lowest BCUT2D eigenvalue weighted by Gasteiger charge is -1.98. The molecule has 1 aliphatic heterocycles. The van der Waals surface area contributed by atoms with E-state index in [1.807, 2.05) is 0 Å². The number of carboxylic acid groups (broad SMARTS) is 1. The van der Waals surface area contributed by atoms with Gasteiger partial charge in [-0.25, -0.2) is 4.79 Å². The summed E-state index contributed by atoms with van der Waals surface area (Å²) >= 11 is 9.74. The highest BCUT2D eigenvalue weighted by atomic mass is 33.1. The van der Waals surface area contributed by atoms with E-state index < -0.39 is 13.1 Å². The molecule has 0 aromatic carbocycles. The van der Waals surface area contributed by atoms with Gasteiger partial charge in [0.25, 0.3) is 0 Å². The molecule has 0 saturated heterocycles. The van der Waals surface area contributed by atoms with E-state index in [-0.39, 0.29) is 4.91 Å². The maximum atomic E-state index is 10.4. The van der Waals surface area contributed by atoms with Crippen LogP contribution in [0.3, 0.4) is 0 Å². The third-order valence-electron chi connectivity index (χ3n) is 1.02. The van der Waals surface area contributed by atoms with Crippen LogP contribution in [0, 0.1) is 0 Å². The van der Waals surface area contributed by atoms with E-state index in [0.29, 0.717) is 0 Å². The van der Waals surface area contributed by atoms with Gasteiger partial charge >= 0.3 is 5.97 Å². The third kappa shape index (κ3) is 1.25. The molecule has 1 rings (SSSR count). The van der Waals surface area contributed by atoms with Crippen molar-refractivity contribution in [3.05, 3.63) is 22.5 Å². The number of aliphatic carboxylic acids is 1. The topological polar surface area (TPSA) is 37.3 Å². The van der Waals surface area contributed by atoms with E-state index in [0.717, 1.165) is 0 Å². The molecule has 2 nitrogen and oxygen atoms in total. The Kier molecular flexibility index (Phi) is 1.89. The Labute approximate surface area is 68.0 Å². The van der Waals surface area contributed by atoms with Gasteiger partial charge in [0.2, 0.25) is 0 Å². The first-order valence-electron chi connectivity index (χ1n) is 2.41. The average molecular weight is 192 g/mol. The second kappa shape index (κ2) is 2.41. The van der Waals surface area contributed by atoms with Gasteiger partial charge in [0.05, 0.1) is 0 Å². The van der Waals surface area contributed by atoms with Crippen LogP contribution < -0.4 is 0 Å². The van der Waals surface area contributed by atoms with Crippen molar-refractivity contribution in [3.8, 4) is 0 Å². The lowest BCUT2D eigenvalue weighted by Crippen LogP contribution is -2.05. The van der Waals surface area contributed by atoms with Crippen molar-refractivity contribution < 1.29 is 9.90 Å². The normalized spacial score (nSPS) is 20.6. The highest BCUT2D eigenvalue weighted by molar-refractivity contribution is 8.60. The summed E-state index contributed by atoms with van der Waals surface area (Å²) in [6, 6.07) is 0. The highest BCUT2D eigenvalue weighted by Crippen LogP contribution is 2.16. The minimum absolute atomic E-state index is 0.178. The zero-order valence-electron chi connectivity index (χ0n) is 4.81. The maximum absolute atomic E-state index is 10.4. The number of carboxylic acids is 1. The van der Waals surface area contributed by atoms with Crippen LogP contribution in [0.4, 0.5) is 0 Å². The van der Waals surface area contributed by atoms with Gasteiger partial charge in [-0.3, -0.25) is 0 Å². The van der Waals surface area contributed by atoms with Gasteiger partial charge in [0.15, 0.2) is 0 Å². The molecule has 0 atom stereocenters. The van der Waals surface area contributed by atoms with Crippen molar-refractivity contribution in [3.63, 3.8) is 0 Å². The van der Waals surface area contributed by atoms with Crippen LogP contribution in [0.5, 0.6) is 0 Å². The van der Waals surface area contributed by atoms with Crippen LogP contribution in [-0.4, -0.2) is 11.1 Å². The number of hydrogen-bond donors (Lipinski definition) is 1. The SMILES string of the molecule is O=C(O)C1=CC=CS1(=S)=S. The van der Waals surface area contributed by atoms with E-state index in [4.69, 9.17) is 27.5 Å². The molecule has 1 N–H and O–H groups in total. The minimum Gasteiger partial charge on any atom is -0.477 e. The van der Waals surface area contributed by atoms with Gasteiger partial charge in [-0.2, -0.15) is 0 Å². The molecule has 54 valence electrons. The Morgan fingerprint density at radius 1 is 1.60 bits per heavy atom. The van der Waals surface area contributed by atoms with Crippen molar-refractivity contribution >= 4 is 35.5 Å². The largest absolute Gasteiger partial charge is 0.477 e. The number of carbonyl (C=O) groups is 1. The fourth-order valence-corrected chi connectivity index (χ4v) is 2.68. The van der Waals surface area contributed by atoms with E-state index >= 15 is 0 Å². The smallest absolute Gasteiger partial charge is 0.343 e. The van der Waals surface area contributed by atoms with Crippen LogP contribution in [-0.2, 0) is 34.3 Å². The Morgan fingerprint density at radius 2 is 2.20 bits per heavy atom. The fourth-order valence-electron chi connectivity index (χ4n) is 0.591. The Balaban J connectivity index is 3.18. The first-order chi connectivity index (χ1) is 4.54. The van der Waals surface area contributed by atoms with Crippen LogP contribution in [0.15, 0.2) is 22.5 Å². The maximum Gasteiger partial charge on any atom is 0.343 e. The molecule has 0 amide bonds. The van der Waals surface area contributed by atoms with Gasteiger partial charge in [-0.05, 0) is 41.0 Å². The Morgan fingerprint density at radius 3 is 2.40 bits per heavy atom. The van der Waals surface area contributed by atoms with Crippen LogP contribution in [0.25, 0.3) is 0 Å². The van der Waals surface area contributed by atoms with E-state index in [2.05, 4.69) is 0 Å². The summed E-state index contributed by atoms with van der Waals surface area (Å²) in [4.78, 5) is 10.6. The lowest BCUT2D eigenvalue weighted by molar-refractivity contribution is -0.131. The second-order valence-electron chi connectivity index (χ2n) is 1.71. The molecule has 10 heavy (non-hydrogen) atoms. The van der Waals surface area contributed by atoms with E-state index in [1.54, 1.807) is 11.5 Å². The van der Waals surface area contributed by atoms with Crippen molar-refractivity contribution in [1.82, 2.24) is 0 Å². The summed E-state index contributed by atoms with van der Waals surface area (Å²) in [5.41, 5.74) is 0. The first-order valence-corrected chi connectivity index (χ1v) is 5.95. The monoisotopic (exact) mass is 192 g/mol. The summed E-state index contributed by atoms with van der Waals surface area (Å²) in [5.74, 6) is -0.995. The first kappa shape index (κ1) is 7.84. The number of rotatable bonds is 1.